The molecule has 15 heavy (non-hydrogen) atoms. The van der Waals surface area contributed by atoms with Gasteiger partial charge in [-0.15, -0.1) is 0 Å². The van der Waals surface area contributed by atoms with Gasteiger partial charge in [0.15, 0.2) is 0 Å². The van der Waals surface area contributed by atoms with Crippen LogP contribution in [0.15, 0.2) is 30.3 Å². The van der Waals surface area contributed by atoms with Crippen LogP contribution in [0.1, 0.15) is 39.5 Å². The molecule has 0 amide bonds. The molecule has 1 aromatic rings. The van der Waals surface area contributed by atoms with Crippen molar-refractivity contribution in [1.29, 1.82) is 0 Å². The minimum absolute atomic E-state index is 0.618. The number of rotatable bonds is 7. The Morgan fingerprint density at radius 1 is 1.27 bits per heavy atom. The first kappa shape index (κ1) is 12.1. The van der Waals surface area contributed by atoms with Gasteiger partial charge in [-0.3, -0.25) is 0 Å². The summed E-state index contributed by atoms with van der Waals surface area (Å²) < 4.78 is 0. The van der Waals surface area contributed by atoms with Crippen molar-refractivity contribution in [3.8, 4) is 0 Å². The lowest BCUT2D eigenvalue weighted by Crippen LogP contribution is -2.18. The molecule has 0 aliphatic heterocycles. The Bertz CT molecular complexity index is 243. The summed E-state index contributed by atoms with van der Waals surface area (Å²) in [6.07, 6.45) is 7.21. The summed E-state index contributed by atoms with van der Waals surface area (Å²) in [5, 5.41) is 3.57. The van der Waals surface area contributed by atoms with Crippen LogP contribution in [0.25, 0.3) is 0 Å². The van der Waals surface area contributed by atoms with Crippen molar-refractivity contribution < 1.29 is 0 Å². The van der Waals surface area contributed by atoms with Crippen LogP contribution in [-0.2, 0) is 0 Å². The third kappa shape index (κ3) is 4.87. The molecule has 83 valence electrons. The van der Waals surface area contributed by atoms with E-state index in [1.807, 2.05) is 0 Å². The lowest BCUT2D eigenvalue weighted by Gasteiger charge is -2.17. The van der Waals surface area contributed by atoms with Crippen LogP contribution in [-0.4, -0.2) is 6.04 Å². The predicted octanol–water partition coefficient (Wildman–Crippen LogP) is 4.27. The highest BCUT2D eigenvalue weighted by Crippen LogP contribution is 2.13. The highest BCUT2D eigenvalue weighted by molar-refractivity contribution is 5.43. The molecule has 1 atom stereocenters. The van der Waals surface area contributed by atoms with Crippen LogP contribution in [0.5, 0.6) is 0 Å². The number of unbranched alkanes of at least 4 members (excludes halogenated alkanes) is 2. The van der Waals surface area contributed by atoms with Gasteiger partial charge in [0.05, 0.1) is 0 Å². The molecule has 1 N–H and O–H groups in total. The Morgan fingerprint density at radius 3 is 2.60 bits per heavy atom. The van der Waals surface area contributed by atoms with Crippen molar-refractivity contribution in [1.82, 2.24) is 0 Å². The van der Waals surface area contributed by atoms with E-state index in [2.05, 4.69) is 55.9 Å². The number of para-hydroxylation sites is 1. The largest absolute Gasteiger partial charge is 0.382 e. The maximum atomic E-state index is 3.57. The van der Waals surface area contributed by atoms with Gasteiger partial charge >= 0.3 is 0 Å². The minimum atomic E-state index is 0.618. The summed E-state index contributed by atoms with van der Waals surface area (Å²) in [5.74, 6) is 0. The van der Waals surface area contributed by atoms with Crippen LogP contribution in [0.4, 0.5) is 5.69 Å². The molecule has 0 saturated carbocycles. The molecule has 0 spiro atoms. The van der Waals surface area contributed by atoms with E-state index in [4.69, 9.17) is 0 Å². The molecular formula is C14H22N. The van der Waals surface area contributed by atoms with Crippen LogP contribution in [0.2, 0.25) is 0 Å². The Kier molecular flexibility index (Phi) is 5.91. The van der Waals surface area contributed by atoms with Gasteiger partial charge in [-0.05, 0) is 31.4 Å². The Balaban J connectivity index is 2.33. The molecule has 1 unspecified atom stereocenters. The van der Waals surface area contributed by atoms with Crippen molar-refractivity contribution in [2.45, 2.75) is 45.6 Å². The number of nitrogens with one attached hydrogen (secondary N) is 1. The molecule has 1 heteroatoms. The molecule has 1 aromatic carbocycles. The third-order valence-electron chi connectivity index (χ3n) is 2.68. The van der Waals surface area contributed by atoms with E-state index in [0.29, 0.717) is 6.04 Å². The number of benzene rings is 1. The molecule has 0 aliphatic carbocycles. The molecule has 0 aliphatic rings. The van der Waals surface area contributed by atoms with Gasteiger partial charge in [0.25, 0.3) is 0 Å². The fourth-order valence-corrected chi connectivity index (χ4v) is 1.72. The maximum absolute atomic E-state index is 3.57. The zero-order valence-corrected chi connectivity index (χ0v) is 9.87. The van der Waals surface area contributed by atoms with Crippen LogP contribution in [0.3, 0.4) is 0 Å². The SMILES string of the molecule is C[CH]CCCC(CC)Nc1ccccc1. The Labute approximate surface area is 93.9 Å². The van der Waals surface area contributed by atoms with Gasteiger partial charge in [0.1, 0.15) is 0 Å². The van der Waals surface area contributed by atoms with E-state index in [0.717, 1.165) is 0 Å². The summed E-state index contributed by atoms with van der Waals surface area (Å²) >= 11 is 0. The van der Waals surface area contributed by atoms with Crippen molar-refractivity contribution in [2.75, 3.05) is 5.32 Å². The van der Waals surface area contributed by atoms with Gasteiger partial charge < -0.3 is 5.32 Å². The number of hydrogen-bond acceptors (Lipinski definition) is 1. The summed E-state index contributed by atoms with van der Waals surface area (Å²) in [6.45, 7) is 4.38. The topological polar surface area (TPSA) is 12.0 Å². The van der Waals surface area contributed by atoms with Crippen molar-refractivity contribution in [2.24, 2.45) is 0 Å². The second-order valence-electron chi connectivity index (χ2n) is 3.95. The normalized spacial score (nSPS) is 12.4. The van der Waals surface area contributed by atoms with E-state index in [-0.39, 0.29) is 0 Å². The summed E-state index contributed by atoms with van der Waals surface area (Å²) in [5.41, 5.74) is 1.24. The fourth-order valence-electron chi connectivity index (χ4n) is 1.72. The van der Waals surface area contributed by atoms with Crippen molar-refractivity contribution >= 4 is 5.69 Å². The molecule has 0 fully saturated rings. The molecule has 0 saturated heterocycles. The molecule has 0 aromatic heterocycles. The standard InChI is InChI=1S/C14H22N/c1-3-5-7-10-13(4-2)15-14-11-8-6-9-12-14/h3,6,8-9,11-13,15H,4-5,7,10H2,1-2H3. The zero-order valence-electron chi connectivity index (χ0n) is 9.87. The molecule has 1 rings (SSSR count). The third-order valence-corrected chi connectivity index (χ3v) is 2.68. The van der Waals surface area contributed by atoms with Gasteiger partial charge in [-0.25, -0.2) is 0 Å². The smallest absolute Gasteiger partial charge is 0.0342 e. The molecule has 1 nitrogen and oxygen atoms in total. The first-order chi connectivity index (χ1) is 7.36. The van der Waals surface area contributed by atoms with Crippen molar-refractivity contribution in [3.05, 3.63) is 36.8 Å². The Morgan fingerprint density at radius 2 is 2.00 bits per heavy atom. The number of anilines is 1. The molecule has 0 heterocycles. The highest BCUT2D eigenvalue weighted by Gasteiger charge is 2.04. The van der Waals surface area contributed by atoms with E-state index in [1.165, 1.54) is 31.4 Å². The highest BCUT2D eigenvalue weighted by atomic mass is 14.9. The Hall–Kier alpha value is -0.980. The molecular weight excluding hydrogens is 182 g/mol. The summed E-state index contributed by atoms with van der Waals surface area (Å²) in [4.78, 5) is 0. The minimum Gasteiger partial charge on any atom is -0.382 e. The average molecular weight is 204 g/mol. The monoisotopic (exact) mass is 204 g/mol. The molecule has 1 radical (unpaired) electrons. The molecule has 0 bridgehead atoms. The zero-order chi connectivity index (χ0) is 10.9. The average Bonchev–Trinajstić information content (AvgIpc) is 2.29. The van der Waals surface area contributed by atoms with E-state index in [9.17, 15) is 0 Å². The maximum Gasteiger partial charge on any atom is 0.0342 e. The van der Waals surface area contributed by atoms with E-state index in [1.54, 1.807) is 0 Å². The summed E-state index contributed by atoms with van der Waals surface area (Å²) in [7, 11) is 0. The van der Waals surface area contributed by atoms with E-state index >= 15 is 0 Å². The van der Waals surface area contributed by atoms with Gasteiger partial charge in [-0.1, -0.05) is 44.9 Å². The predicted molar refractivity (Wildman–Crippen MR) is 68.0 cm³/mol. The first-order valence-corrected chi connectivity index (χ1v) is 5.96. The van der Waals surface area contributed by atoms with Crippen LogP contribution >= 0.6 is 0 Å². The fraction of sp³-hybridized carbons (Fsp3) is 0.500. The quantitative estimate of drug-likeness (QED) is 0.654. The van der Waals surface area contributed by atoms with Crippen LogP contribution in [0, 0.1) is 6.42 Å². The van der Waals surface area contributed by atoms with Gasteiger partial charge in [0.2, 0.25) is 0 Å². The van der Waals surface area contributed by atoms with Crippen molar-refractivity contribution in [3.63, 3.8) is 0 Å². The van der Waals surface area contributed by atoms with Gasteiger partial charge in [0, 0.05) is 11.7 Å². The lowest BCUT2D eigenvalue weighted by molar-refractivity contribution is 0.598. The second kappa shape index (κ2) is 7.33. The lowest BCUT2D eigenvalue weighted by atomic mass is 10.1. The van der Waals surface area contributed by atoms with Crippen LogP contribution < -0.4 is 5.32 Å². The number of hydrogen-bond donors (Lipinski definition) is 1. The summed E-state index contributed by atoms with van der Waals surface area (Å²) in [6, 6.07) is 11.1. The van der Waals surface area contributed by atoms with Gasteiger partial charge in [-0.2, -0.15) is 0 Å². The second-order valence-corrected chi connectivity index (χ2v) is 3.95. The van der Waals surface area contributed by atoms with E-state index < -0.39 is 0 Å². The first-order valence-electron chi connectivity index (χ1n) is 5.96.